The molecule has 1 saturated carbocycles. The maximum Gasteiger partial charge on any atom is 0.146 e. The molecule has 78 valence electrons. The van der Waals surface area contributed by atoms with E-state index in [4.69, 9.17) is 4.43 Å². The van der Waals surface area contributed by atoms with Gasteiger partial charge in [0.2, 0.25) is 0 Å². The van der Waals surface area contributed by atoms with Gasteiger partial charge < -0.3 is 4.43 Å². The Kier molecular flexibility index (Phi) is 5.03. The van der Waals surface area contributed by atoms with E-state index in [1.807, 2.05) is 0 Å². The van der Waals surface area contributed by atoms with Crippen molar-refractivity contribution in [3.05, 3.63) is 0 Å². The highest BCUT2D eigenvalue weighted by Crippen LogP contribution is 2.36. The zero-order valence-electron chi connectivity index (χ0n) is 9.38. The Morgan fingerprint density at radius 3 is 2.46 bits per heavy atom. The van der Waals surface area contributed by atoms with Gasteiger partial charge in [-0.3, -0.25) is 0 Å². The molecular weight excluding hydrogens is 176 g/mol. The third kappa shape index (κ3) is 3.10. The van der Waals surface area contributed by atoms with Crippen molar-refractivity contribution in [2.45, 2.75) is 58.5 Å². The van der Waals surface area contributed by atoms with Gasteiger partial charge in [-0.05, 0) is 25.2 Å². The molecule has 0 saturated heterocycles. The predicted molar refractivity (Wildman–Crippen MR) is 60.8 cm³/mol. The van der Waals surface area contributed by atoms with E-state index in [9.17, 15) is 0 Å². The van der Waals surface area contributed by atoms with Crippen LogP contribution in [0.1, 0.15) is 52.4 Å². The molecule has 1 fully saturated rings. The normalized spacial score (nSPS) is 23.5. The van der Waals surface area contributed by atoms with Crippen LogP contribution < -0.4 is 0 Å². The molecule has 0 radical (unpaired) electrons. The molecule has 0 heterocycles. The monoisotopic (exact) mass is 200 g/mol. The van der Waals surface area contributed by atoms with E-state index in [0.29, 0.717) is 6.10 Å². The third-order valence-electron chi connectivity index (χ3n) is 3.60. The molecule has 1 aliphatic rings. The summed E-state index contributed by atoms with van der Waals surface area (Å²) in [6.07, 6.45) is 9.04. The second kappa shape index (κ2) is 5.81. The summed E-state index contributed by atoms with van der Waals surface area (Å²) in [5.41, 5.74) is 0. The molecule has 1 aliphatic carbocycles. The van der Waals surface area contributed by atoms with Gasteiger partial charge in [0.15, 0.2) is 0 Å². The molecule has 2 unspecified atom stereocenters. The van der Waals surface area contributed by atoms with E-state index in [1.54, 1.807) is 0 Å². The molecule has 0 N–H and O–H groups in total. The van der Waals surface area contributed by atoms with Crippen LogP contribution in [-0.2, 0) is 4.43 Å². The standard InChI is InChI=1S/C11H24OSi/c1-3-6-11(9(2)12-13)10-7-4-5-8-10/h9-11H,3-8H2,1-2,13H3. The summed E-state index contributed by atoms with van der Waals surface area (Å²) in [4.78, 5) is 0. The van der Waals surface area contributed by atoms with Gasteiger partial charge in [-0.2, -0.15) is 0 Å². The Hall–Kier alpha value is 0.177. The summed E-state index contributed by atoms with van der Waals surface area (Å²) in [5.74, 6) is 1.83. The van der Waals surface area contributed by atoms with Crippen molar-refractivity contribution in [3.63, 3.8) is 0 Å². The van der Waals surface area contributed by atoms with Crippen molar-refractivity contribution in [1.82, 2.24) is 0 Å². The predicted octanol–water partition coefficient (Wildman–Crippen LogP) is 2.28. The summed E-state index contributed by atoms with van der Waals surface area (Å²) in [6.45, 7) is 4.56. The minimum atomic E-state index is 0.523. The Morgan fingerprint density at radius 1 is 1.38 bits per heavy atom. The van der Waals surface area contributed by atoms with Crippen LogP contribution in [0.3, 0.4) is 0 Å². The molecule has 0 spiro atoms. The SMILES string of the molecule is CCCC(C1CCCC1)C(C)O[SiH3]. The van der Waals surface area contributed by atoms with Crippen molar-refractivity contribution < 1.29 is 4.43 Å². The first-order chi connectivity index (χ1) is 6.29. The lowest BCUT2D eigenvalue weighted by Crippen LogP contribution is -2.26. The van der Waals surface area contributed by atoms with E-state index < -0.39 is 0 Å². The second-order valence-corrected chi connectivity index (χ2v) is 4.91. The second-order valence-electron chi connectivity index (χ2n) is 4.44. The molecule has 0 aromatic carbocycles. The minimum Gasteiger partial charge on any atom is -0.425 e. The van der Waals surface area contributed by atoms with Crippen LogP contribution in [0.5, 0.6) is 0 Å². The third-order valence-corrected chi connectivity index (χ3v) is 4.35. The summed E-state index contributed by atoms with van der Waals surface area (Å²) >= 11 is 0. The molecule has 13 heavy (non-hydrogen) atoms. The lowest BCUT2D eigenvalue weighted by Gasteiger charge is -2.28. The van der Waals surface area contributed by atoms with Gasteiger partial charge in [0, 0.05) is 6.10 Å². The lowest BCUT2D eigenvalue weighted by molar-refractivity contribution is 0.113. The fraction of sp³-hybridized carbons (Fsp3) is 1.00. The maximum atomic E-state index is 5.62. The largest absolute Gasteiger partial charge is 0.425 e. The van der Waals surface area contributed by atoms with E-state index in [-0.39, 0.29) is 0 Å². The van der Waals surface area contributed by atoms with Crippen molar-refractivity contribution >= 4 is 10.5 Å². The van der Waals surface area contributed by atoms with Crippen LogP contribution in [0.25, 0.3) is 0 Å². The molecule has 0 aliphatic heterocycles. The fourth-order valence-electron chi connectivity index (χ4n) is 2.75. The van der Waals surface area contributed by atoms with Gasteiger partial charge in [0.25, 0.3) is 0 Å². The van der Waals surface area contributed by atoms with E-state index in [1.165, 1.54) is 38.5 Å². The molecule has 0 aromatic heterocycles. The highest BCUT2D eigenvalue weighted by molar-refractivity contribution is 5.98. The number of rotatable bonds is 5. The first-order valence-electron chi connectivity index (χ1n) is 5.82. The molecule has 2 heteroatoms. The van der Waals surface area contributed by atoms with Crippen molar-refractivity contribution in [2.75, 3.05) is 0 Å². The van der Waals surface area contributed by atoms with E-state index in [2.05, 4.69) is 13.8 Å². The Bertz CT molecular complexity index is 132. The van der Waals surface area contributed by atoms with E-state index >= 15 is 0 Å². The minimum absolute atomic E-state index is 0.523. The average Bonchev–Trinajstić information content (AvgIpc) is 2.65. The summed E-state index contributed by atoms with van der Waals surface area (Å²) in [6, 6.07) is 0. The zero-order valence-corrected chi connectivity index (χ0v) is 11.4. The van der Waals surface area contributed by atoms with Gasteiger partial charge in [-0.1, -0.05) is 39.0 Å². The van der Waals surface area contributed by atoms with Gasteiger partial charge in [-0.15, -0.1) is 0 Å². The van der Waals surface area contributed by atoms with Crippen molar-refractivity contribution in [2.24, 2.45) is 11.8 Å². The summed E-state index contributed by atoms with van der Waals surface area (Å²) in [5, 5.41) is 0. The van der Waals surface area contributed by atoms with Crippen LogP contribution >= 0.6 is 0 Å². The van der Waals surface area contributed by atoms with E-state index in [0.717, 1.165) is 22.3 Å². The lowest BCUT2D eigenvalue weighted by atomic mass is 9.84. The zero-order chi connectivity index (χ0) is 9.68. The van der Waals surface area contributed by atoms with Crippen LogP contribution in [-0.4, -0.2) is 16.6 Å². The molecule has 0 amide bonds. The Morgan fingerprint density at radius 2 is 2.00 bits per heavy atom. The average molecular weight is 200 g/mol. The van der Waals surface area contributed by atoms with Gasteiger partial charge in [0.1, 0.15) is 10.5 Å². The first-order valence-corrected chi connectivity index (χ1v) is 6.64. The summed E-state index contributed by atoms with van der Waals surface area (Å²) < 4.78 is 5.62. The van der Waals surface area contributed by atoms with Crippen molar-refractivity contribution in [1.29, 1.82) is 0 Å². The van der Waals surface area contributed by atoms with Gasteiger partial charge >= 0.3 is 0 Å². The quantitative estimate of drug-likeness (QED) is 0.619. The van der Waals surface area contributed by atoms with Gasteiger partial charge in [-0.25, -0.2) is 0 Å². The number of hydrogen-bond acceptors (Lipinski definition) is 1. The highest BCUT2D eigenvalue weighted by atomic mass is 28.2. The first kappa shape index (κ1) is 11.3. The molecule has 2 atom stereocenters. The fourth-order valence-corrected chi connectivity index (χ4v) is 3.10. The van der Waals surface area contributed by atoms with Crippen LogP contribution in [0.2, 0.25) is 0 Å². The molecule has 0 bridgehead atoms. The van der Waals surface area contributed by atoms with Crippen LogP contribution in [0, 0.1) is 11.8 Å². The molecule has 0 aromatic rings. The van der Waals surface area contributed by atoms with Crippen molar-refractivity contribution in [3.8, 4) is 0 Å². The molecule has 1 rings (SSSR count). The van der Waals surface area contributed by atoms with Gasteiger partial charge in [0.05, 0.1) is 0 Å². The van der Waals surface area contributed by atoms with Crippen LogP contribution in [0.4, 0.5) is 0 Å². The number of hydrogen-bond donors (Lipinski definition) is 0. The molecular formula is C11H24OSi. The Balaban J connectivity index is 2.44. The Labute approximate surface area is 85.8 Å². The smallest absolute Gasteiger partial charge is 0.146 e. The summed E-state index contributed by atoms with van der Waals surface area (Å²) in [7, 11) is 0.899. The van der Waals surface area contributed by atoms with Crippen LogP contribution in [0.15, 0.2) is 0 Å². The highest BCUT2D eigenvalue weighted by Gasteiger charge is 2.28. The topological polar surface area (TPSA) is 9.23 Å². The molecule has 1 nitrogen and oxygen atoms in total. The maximum absolute atomic E-state index is 5.62.